The van der Waals surface area contributed by atoms with Gasteiger partial charge in [0, 0.05) is 17.9 Å². The zero-order valence-electron chi connectivity index (χ0n) is 12.6. The van der Waals surface area contributed by atoms with E-state index in [1.165, 1.54) is 0 Å². The topological polar surface area (TPSA) is 57.6 Å². The fraction of sp³-hybridized carbons (Fsp3) is 0.500. The number of thioether (sulfide) groups is 1. The van der Waals surface area contributed by atoms with Gasteiger partial charge in [-0.2, -0.15) is 0 Å². The lowest BCUT2D eigenvalue weighted by Crippen LogP contribution is -2.33. The smallest absolute Gasteiger partial charge is 0.309 e. The van der Waals surface area contributed by atoms with Crippen LogP contribution in [0.4, 0.5) is 0 Å². The first kappa shape index (κ1) is 15.9. The molecule has 1 aliphatic rings. The van der Waals surface area contributed by atoms with Gasteiger partial charge in [0.1, 0.15) is 0 Å². The molecule has 2 unspecified atom stereocenters. The SMILES string of the molecule is CSc1ccc(C2C(C(=O)O)CC(=O)N2CC(C)C)cc1. The van der Waals surface area contributed by atoms with Gasteiger partial charge in [-0.15, -0.1) is 11.8 Å². The molecule has 1 amide bonds. The van der Waals surface area contributed by atoms with Crippen LogP contribution in [0.5, 0.6) is 0 Å². The van der Waals surface area contributed by atoms with E-state index >= 15 is 0 Å². The number of carboxylic acids is 1. The fourth-order valence-electron chi connectivity index (χ4n) is 2.83. The summed E-state index contributed by atoms with van der Waals surface area (Å²) in [5.41, 5.74) is 0.909. The zero-order chi connectivity index (χ0) is 15.6. The first-order valence-corrected chi connectivity index (χ1v) is 8.32. The summed E-state index contributed by atoms with van der Waals surface area (Å²) in [5, 5.41) is 9.43. The van der Waals surface area contributed by atoms with E-state index in [1.54, 1.807) is 16.7 Å². The highest BCUT2D eigenvalue weighted by atomic mass is 32.2. The second-order valence-corrected chi connectivity index (χ2v) is 6.69. The Kier molecular flexibility index (Phi) is 4.93. The molecule has 1 aliphatic heterocycles. The molecular weight excluding hydrogens is 286 g/mol. The summed E-state index contributed by atoms with van der Waals surface area (Å²) in [6.45, 7) is 4.67. The molecule has 1 heterocycles. The number of carbonyl (C=O) groups excluding carboxylic acids is 1. The quantitative estimate of drug-likeness (QED) is 0.850. The van der Waals surface area contributed by atoms with Gasteiger partial charge < -0.3 is 10.0 Å². The molecule has 114 valence electrons. The molecule has 1 fully saturated rings. The molecule has 0 radical (unpaired) electrons. The van der Waals surface area contributed by atoms with Gasteiger partial charge in [-0.25, -0.2) is 0 Å². The highest BCUT2D eigenvalue weighted by Gasteiger charge is 2.44. The molecule has 5 heteroatoms. The van der Waals surface area contributed by atoms with E-state index in [-0.39, 0.29) is 18.4 Å². The molecule has 4 nitrogen and oxygen atoms in total. The highest BCUT2D eigenvalue weighted by Crippen LogP contribution is 2.39. The highest BCUT2D eigenvalue weighted by molar-refractivity contribution is 7.98. The van der Waals surface area contributed by atoms with Gasteiger partial charge in [-0.3, -0.25) is 9.59 Å². The van der Waals surface area contributed by atoms with Crippen LogP contribution < -0.4 is 0 Å². The minimum atomic E-state index is -0.895. The minimum Gasteiger partial charge on any atom is -0.481 e. The summed E-state index contributed by atoms with van der Waals surface area (Å²) in [5.74, 6) is -1.30. The predicted octanol–water partition coefficient (Wildman–Crippen LogP) is 3.04. The van der Waals surface area contributed by atoms with Crippen molar-refractivity contribution in [3.8, 4) is 0 Å². The van der Waals surface area contributed by atoms with Crippen LogP contribution in [-0.4, -0.2) is 34.7 Å². The average molecular weight is 307 g/mol. The van der Waals surface area contributed by atoms with Crippen molar-refractivity contribution in [1.29, 1.82) is 0 Å². The van der Waals surface area contributed by atoms with Crippen LogP contribution in [0.3, 0.4) is 0 Å². The Morgan fingerprint density at radius 1 is 1.38 bits per heavy atom. The molecule has 2 atom stereocenters. The predicted molar refractivity (Wildman–Crippen MR) is 83.3 cm³/mol. The molecule has 0 aliphatic carbocycles. The molecule has 0 spiro atoms. The molecule has 1 N–H and O–H groups in total. The Labute approximate surface area is 129 Å². The monoisotopic (exact) mass is 307 g/mol. The number of benzene rings is 1. The van der Waals surface area contributed by atoms with E-state index in [2.05, 4.69) is 0 Å². The van der Waals surface area contributed by atoms with Gasteiger partial charge in [-0.05, 0) is 29.9 Å². The van der Waals surface area contributed by atoms with Crippen molar-refractivity contribution in [1.82, 2.24) is 4.90 Å². The molecule has 0 bridgehead atoms. The van der Waals surface area contributed by atoms with Crippen molar-refractivity contribution in [2.75, 3.05) is 12.8 Å². The van der Waals surface area contributed by atoms with E-state index in [1.807, 2.05) is 44.4 Å². The Balaban J connectivity index is 2.35. The third-order valence-electron chi connectivity index (χ3n) is 3.77. The van der Waals surface area contributed by atoms with E-state index in [4.69, 9.17) is 0 Å². The number of rotatable bonds is 5. The number of carboxylic acid groups (broad SMARTS) is 1. The number of likely N-dealkylation sites (tertiary alicyclic amines) is 1. The maximum atomic E-state index is 12.2. The summed E-state index contributed by atoms with van der Waals surface area (Å²) < 4.78 is 0. The Morgan fingerprint density at radius 2 is 2.00 bits per heavy atom. The maximum Gasteiger partial charge on any atom is 0.309 e. The van der Waals surface area contributed by atoms with Crippen LogP contribution in [0, 0.1) is 11.8 Å². The first-order chi connectivity index (χ1) is 9.93. The largest absolute Gasteiger partial charge is 0.481 e. The zero-order valence-corrected chi connectivity index (χ0v) is 13.4. The summed E-state index contributed by atoms with van der Waals surface area (Å²) in [6, 6.07) is 7.50. The molecule has 2 rings (SSSR count). The summed E-state index contributed by atoms with van der Waals surface area (Å²) >= 11 is 1.64. The number of aliphatic carboxylic acids is 1. The van der Waals surface area contributed by atoms with Gasteiger partial charge in [-0.1, -0.05) is 26.0 Å². The van der Waals surface area contributed by atoms with E-state index in [9.17, 15) is 14.7 Å². The third kappa shape index (κ3) is 3.40. The van der Waals surface area contributed by atoms with Gasteiger partial charge in [0.2, 0.25) is 5.91 Å². The van der Waals surface area contributed by atoms with Crippen molar-refractivity contribution >= 4 is 23.6 Å². The number of amides is 1. The number of hydrogen-bond donors (Lipinski definition) is 1. The Bertz CT molecular complexity index is 527. The lowest BCUT2D eigenvalue weighted by atomic mass is 9.93. The summed E-state index contributed by atoms with van der Waals surface area (Å²) in [6.07, 6.45) is 2.09. The number of hydrogen-bond acceptors (Lipinski definition) is 3. The van der Waals surface area contributed by atoms with Crippen LogP contribution >= 0.6 is 11.8 Å². The van der Waals surface area contributed by atoms with Crippen molar-refractivity contribution < 1.29 is 14.7 Å². The van der Waals surface area contributed by atoms with Crippen LogP contribution in [-0.2, 0) is 9.59 Å². The lowest BCUT2D eigenvalue weighted by Gasteiger charge is -2.29. The summed E-state index contributed by atoms with van der Waals surface area (Å²) in [7, 11) is 0. The standard InChI is InChI=1S/C16H21NO3S/c1-10(2)9-17-14(18)8-13(16(19)20)15(17)11-4-6-12(21-3)7-5-11/h4-7,10,13,15H,8-9H2,1-3H3,(H,19,20). The maximum absolute atomic E-state index is 12.2. The lowest BCUT2D eigenvalue weighted by molar-refractivity contribution is -0.142. The summed E-state index contributed by atoms with van der Waals surface area (Å²) in [4.78, 5) is 26.6. The van der Waals surface area contributed by atoms with E-state index in [0.717, 1.165) is 10.5 Å². The van der Waals surface area contributed by atoms with Crippen LogP contribution in [0.25, 0.3) is 0 Å². The molecule has 0 aromatic heterocycles. The number of nitrogens with zero attached hydrogens (tertiary/aromatic N) is 1. The molecule has 21 heavy (non-hydrogen) atoms. The molecule has 1 aromatic carbocycles. The minimum absolute atomic E-state index is 0.0601. The number of carbonyl (C=O) groups is 2. The van der Waals surface area contributed by atoms with E-state index < -0.39 is 11.9 Å². The van der Waals surface area contributed by atoms with E-state index in [0.29, 0.717) is 12.5 Å². The Hall–Kier alpha value is -1.49. The van der Waals surface area contributed by atoms with Gasteiger partial charge in [0.25, 0.3) is 0 Å². The van der Waals surface area contributed by atoms with Crippen molar-refractivity contribution in [3.05, 3.63) is 29.8 Å². The Morgan fingerprint density at radius 3 is 2.48 bits per heavy atom. The normalized spacial score (nSPS) is 22.1. The molecular formula is C16H21NO3S. The second kappa shape index (κ2) is 6.52. The van der Waals surface area contributed by atoms with Crippen molar-refractivity contribution in [3.63, 3.8) is 0 Å². The molecule has 1 saturated heterocycles. The van der Waals surface area contributed by atoms with Gasteiger partial charge >= 0.3 is 5.97 Å². The second-order valence-electron chi connectivity index (χ2n) is 5.81. The van der Waals surface area contributed by atoms with Crippen molar-refractivity contribution in [2.45, 2.75) is 31.2 Å². The van der Waals surface area contributed by atoms with Crippen LogP contribution in [0.15, 0.2) is 29.2 Å². The van der Waals surface area contributed by atoms with Gasteiger partial charge in [0.15, 0.2) is 0 Å². The molecule has 0 saturated carbocycles. The van der Waals surface area contributed by atoms with Gasteiger partial charge in [0.05, 0.1) is 12.0 Å². The third-order valence-corrected chi connectivity index (χ3v) is 4.51. The first-order valence-electron chi connectivity index (χ1n) is 7.10. The fourth-order valence-corrected chi connectivity index (χ4v) is 3.24. The molecule has 1 aromatic rings. The van der Waals surface area contributed by atoms with Crippen LogP contribution in [0.2, 0.25) is 0 Å². The average Bonchev–Trinajstić information content (AvgIpc) is 2.76. The van der Waals surface area contributed by atoms with Crippen molar-refractivity contribution in [2.24, 2.45) is 11.8 Å². The van der Waals surface area contributed by atoms with Crippen LogP contribution in [0.1, 0.15) is 31.9 Å².